The van der Waals surface area contributed by atoms with Gasteiger partial charge in [0.25, 0.3) is 5.56 Å². The molecular formula is C20H18ClN3O3. The summed E-state index contributed by atoms with van der Waals surface area (Å²) >= 11 is 6.29. The first kappa shape index (κ1) is 17.5. The quantitative estimate of drug-likeness (QED) is 0.720. The van der Waals surface area contributed by atoms with Crippen molar-refractivity contribution in [2.75, 3.05) is 6.54 Å². The number of aryl methyl sites for hydroxylation is 1. The van der Waals surface area contributed by atoms with Crippen molar-refractivity contribution >= 4 is 28.6 Å². The fourth-order valence-corrected chi connectivity index (χ4v) is 3.96. The lowest BCUT2D eigenvalue weighted by molar-refractivity contribution is 0.138. The highest BCUT2D eigenvalue weighted by Gasteiger charge is 2.34. The van der Waals surface area contributed by atoms with Gasteiger partial charge in [-0.3, -0.25) is 14.3 Å². The first-order valence-electron chi connectivity index (χ1n) is 8.75. The molecule has 0 bridgehead atoms. The Balaban J connectivity index is 2.06. The van der Waals surface area contributed by atoms with Gasteiger partial charge in [0.1, 0.15) is 5.82 Å². The second-order valence-corrected chi connectivity index (χ2v) is 7.12. The molecule has 27 heavy (non-hydrogen) atoms. The molecular weight excluding hydrogens is 366 g/mol. The van der Waals surface area contributed by atoms with Crippen LogP contribution in [0, 0.1) is 6.92 Å². The first-order chi connectivity index (χ1) is 13.0. The average Bonchev–Trinajstić information content (AvgIpc) is 3.11. The van der Waals surface area contributed by atoms with Crippen LogP contribution in [-0.2, 0) is 0 Å². The smallest absolute Gasteiger partial charge is 0.407 e. The summed E-state index contributed by atoms with van der Waals surface area (Å²) in [6.45, 7) is 2.37. The predicted octanol–water partition coefficient (Wildman–Crippen LogP) is 4.16. The molecule has 1 fully saturated rings. The molecule has 7 heteroatoms. The van der Waals surface area contributed by atoms with Gasteiger partial charge in [-0.05, 0) is 49.6 Å². The summed E-state index contributed by atoms with van der Waals surface area (Å²) in [5.41, 5.74) is 1.83. The van der Waals surface area contributed by atoms with Crippen LogP contribution in [0.2, 0.25) is 5.02 Å². The number of fused-ring (bicyclic) bond motifs is 1. The molecule has 1 unspecified atom stereocenters. The number of nitrogens with zero attached hydrogens (tertiary/aromatic N) is 3. The largest absolute Gasteiger partial charge is 0.465 e. The number of benzene rings is 2. The number of rotatable bonds is 2. The van der Waals surface area contributed by atoms with Crippen molar-refractivity contribution in [1.29, 1.82) is 0 Å². The molecule has 1 aliphatic rings. The van der Waals surface area contributed by atoms with Gasteiger partial charge in [0.15, 0.2) is 0 Å². The summed E-state index contributed by atoms with van der Waals surface area (Å²) in [6.07, 6.45) is 0.346. The maximum absolute atomic E-state index is 13.4. The molecule has 1 N–H and O–H groups in total. The molecule has 1 aromatic heterocycles. The molecule has 0 radical (unpaired) electrons. The monoisotopic (exact) mass is 383 g/mol. The maximum Gasteiger partial charge on any atom is 0.407 e. The maximum atomic E-state index is 13.4. The molecule has 1 saturated heterocycles. The van der Waals surface area contributed by atoms with Crippen molar-refractivity contribution in [3.05, 3.63) is 69.2 Å². The summed E-state index contributed by atoms with van der Waals surface area (Å²) in [6, 6.07) is 12.2. The van der Waals surface area contributed by atoms with Crippen LogP contribution < -0.4 is 5.56 Å². The van der Waals surface area contributed by atoms with E-state index in [1.807, 2.05) is 31.2 Å². The molecule has 4 rings (SSSR count). The van der Waals surface area contributed by atoms with Crippen LogP contribution >= 0.6 is 11.6 Å². The van der Waals surface area contributed by atoms with Crippen LogP contribution in [0.15, 0.2) is 47.3 Å². The molecule has 0 aliphatic carbocycles. The summed E-state index contributed by atoms with van der Waals surface area (Å²) in [5, 5.41) is 10.2. The third-order valence-electron chi connectivity index (χ3n) is 4.93. The van der Waals surface area contributed by atoms with Crippen molar-refractivity contribution in [1.82, 2.24) is 14.5 Å². The van der Waals surface area contributed by atoms with Crippen molar-refractivity contribution < 1.29 is 9.90 Å². The number of carboxylic acid groups (broad SMARTS) is 1. The highest BCUT2D eigenvalue weighted by Crippen LogP contribution is 2.33. The number of halogens is 1. The van der Waals surface area contributed by atoms with E-state index < -0.39 is 12.1 Å². The van der Waals surface area contributed by atoms with Crippen molar-refractivity contribution in [2.24, 2.45) is 0 Å². The topological polar surface area (TPSA) is 75.4 Å². The third kappa shape index (κ3) is 2.96. The van der Waals surface area contributed by atoms with E-state index in [-0.39, 0.29) is 5.56 Å². The molecule has 1 atom stereocenters. The van der Waals surface area contributed by atoms with Gasteiger partial charge in [0.2, 0.25) is 0 Å². The zero-order chi connectivity index (χ0) is 19.1. The zero-order valence-corrected chi connectivity index (χ0v) is 15.5. The van der Waals surface area contributed by atoms with Gasteiger partial charge in [-0.2, -0.15) is 0 Å². The number of hydrogen-bond donors (Lipinski definition) is 1. The standard InChI is InChI=1S/C20H18ClN3O3/c1-12-5-2-6-13(11-12)24-18(16-9-4-10-23(16)20(26)27)22-15-8-3-7-14(21)17(15)19(24)25/h2-3,5-8,11,16H,4,9-10H2,1H3,(H,26,27). The summed E-state index contributed by atoms with van der Waals surface area (Å²) < 4.78 is 1.51. The van der Waals surface area contributed by atoms with Crippen molar-refractivity contribution in [3.63, 3.8) is 0 Å². The van der Waals surface area contributed by atoms with Gasteiger partial charge in [0.05, 0.1) is 27.7 Å². The normalized spacial score (nSPS) is 16.8. The van der Waals surface area contributed by atoms with E-state index in [0.29, 0.717) is 40.4 Å². The lowest BCUT2D eigenvalue weighted by Crippen LogP contribution is -2.34. The minimum absolute atomic E-state index is 0.288. The van der Waals surface area contributed by atoms with E-state index in [4.69, 9.17) is 16.6 Å². The molecule has 3 aromatic rings. The number of hydrogen-bond acceptors (Lipinski definition) is 3. The van der Waals surface area contributed by atoms with Crippen LogP contribution in [0.4, 0.5) is 4.79 Å². The fraction of sp³-hybridized carbons (Fsp3) is 0.250. The van der Waals surface area contributed by atoms with Crippen LogP contribution in [-0.4, -0.2) is 32.2 Å². The van der Waals surface area contributed by atoms with E-state index in [9.17, 15) is 14.7 Å². The van der Waals surface area contributed by atoms with Gasteiger partial charge in [-0.15, -0.1) is 0 Å². The molecule has 2 heterocycles. The second-order valence-electron chi connectivity index (χ2n) is 6.72. The third-order valence-corrected chi connectivity index (χ3v) is 5.24. The second kappa shape index (κ2) is 6.70. The Morgan fingerprint density at radius 1 is 1.26 bits per heavy atom. The summed E-state index contributed by atoms with van der Waals surface area (Å²) in [7, 11) is 0. The minimum Gasteiger partial charge on any atom is -0.465 e. The van der Waals surface area contributed by atoms with Crippen molar-refractivity contribution in [2.45, 2.75) is 25.8 Å². The van der Waals surface area contributed by atoms with Gasteiger partial charge in [0, 0.05) is 6.54 Å². The van der Waals surface area contributed by atoms with E-state index in [0.717, 1.165) is 12.0 Å². The van der Waals surface area contributed by atoms with Crippen molar-refractivity contribution in [3.8, 4) is 5.69 Å². The Hall–Kier alpha value is -2.86. The highest BCUT2D eigenvalue weighted by atomic mass is 35.5. The Labute approximate surface area is 160 Å². The van der Waals surface area contributed by atoms with Gasteiger partial charge < -0.3 is 5.11 Å². The van der Waals surface area contributed by atoms with E-state index in [1.165, 1.54) is 9.47 Å². The molecule has 138 valence electrons. The highest BCUT2D eigenvalue weighted by molar-refractivity contribution is 6.35. The lowest BCUT2D eigenvalue weighted by atomic mass is 10.1. The van der Waals surface area contributed by atoms with E-state index in [2.05, 4.69) is 0 Å². The van der Waals surface area contributed by atoms with Gasteiger partial charge in [-0.25, -0.2) is 9.78 Å². The zero-order valence-electron chi connectivity index (χ0n) is 14.7. The molecule has 2 aromatic carbocycles. The molecule has 0 saturated carbocycles. The molecule has 0 spiro atoms. The minimum atomic E-state index is -1.01. The first-order valence-corrected chi connectivity index (χ1v) is 9.13. The van der Waals surface area contributed by atoms with E-state index >= 15 is 0 Å². The Kier molecular flexibility index (Phi) is 4.36. The lowest BCUT2D eigenvalue weighted by Gasteiger charge is -2.24. The Bertz CT molecular complexity index is 1110. The SMILES string of the molecule is Cc1cccc(-n2c(C3CCCN3C(=O)O)nc3cccc(Cl)c3c2=O)c1. The summed E-state index contributed by atoms with van der Waals surface area (Å²) in [5.74, 6) is 0.431. The average molecular weight is 384 g/mol. The molecule has 1 amide bonds. The van der Waals surface area contributed by atoms with Crippen LogP contribution in [0.5, 0.6) is 0 Å². The van der Waals surface area contributed by atoms with Gasteiger partial charge >= 0.3 is 6.09 Å². The Morgan fingerprint density at radius 3 is 2.78 bits per heavy atom. The van der Waals surface area contributed by atoms with Crippen LogP contribution in [0.3, 0.4) is 0 Å². The predicted molar refractivity (Wildman–Crippen MR) is 104 cm³/mol. The van der Waals surface area contributed by atoms with Crippen LogP contribution in [0.25, 0.3) is 16.6 Å². The number of likely N-dealkylation sites (tertiary alicyclic amines) is 1. The number of carbonyl (C=O) groups is 1. The van der Waals surface area contributed by atoms with Gasteiger partial charge in [-0.1, -0.05) is 29.8 Å². The summed E-state index contributed by atoms with van der Waals surface area (Å²) in [4.78, 5) is 31.1. The Morgan fingerprint density at radius 2 is 2.04 bits per heavy atom. The molecule has 1 aliphatic heterocycles. The number of aromatic nitrogens is 2. The fourth-order valence-electron chi connectivity index (χ4n) is 3.71. The number of amides is 1. The van der Waals surface area contributed by atoms with Crippen LogP contribution in [0.1, 0.15) is 30.3 Å². The molecule has 6 nitrogen and oxygen atoms in total. The van der Waals surface area contributed by atoms with E-state index in [1.54, 1.807) is 18.2 Å².